The molecule has 1 heterocycles. The minimum atomic E-state index is -0.584. The number of carbonyl (C=O) groups is 2. The number of hydrogen-bond acceptors (Lipinski definition) is 5. The van der Waals surface area contributed by atoms with Gasteiger partial charge in [-0.1, -0.05) is 36.4 Å². The maximum atomic E-state index is 12.9. The molecular formula is C21H22N4O3. The van der Waals surface area contributed by atoms with Crippen LogP contribution in [0.3, 0.4) is 0 Å². The predicted octanol–water partition coefficient (Wildman–Crippen LogP) is 1.71. The molecule has 0 spiro atoms. The molecule has 3 rings (SSSR count). The summed E-state index contributed by atoms with van der Waals surface area (Å²) in [7, 11) is 1.69. The first-order valence-electron chi connectivity index (χ1n) is 8.79. The second kappa shape index (κ2) is 8.39. The lowest BCUT2D eigenvalue weighted by Crippen LogP contribution is -2.24. The summed E-state index contributed by atoms with van der Waals surface area (Å²) in [4.78, 5) is 29.6. The highest BCUT2D eigenvalue weighted by molar-refractivity contribution is 6.09. The Morgan fingerprint density at radius 2 is 2.00 bits per heavy atom. The van der Waals surface area contributed by atoms with E-state index in [0.717, 1.165) is 22.3 Å². The highest BCUT2D eigenvalue weighted by Crippen LogP contribution is 2.32. The van der Waals surface area contributed by atoms with Gasteiger partial charge in [0.25, 0.3) is 11.8 Å². The number of rotatable bonds is 7. The van der Waals surface area contributed by atoms with Crippen LogP contribution in [0.5, 0.6) is 5.75 Å². The second-order valence-electron chi connectivity index (χ2n) is 6.41. The standard InChI is InChI=1S/C21H22N4O3/c1-24-10-17(9-22)15-7-5-14(6-8-15)11-25-12-16-3-2-4-18(20(16)21(25)27)28-13-19(23)26/h2-10H,11-13,22H2,1H3,(H2,23,26). The minimum absolute atomic E-state index is 0.125. The van der Waals surface area contributed by atoms with Gasteiger partial charge in [0, 0.05) is 38.1 Å². The quantitative estimate of drug-likeness (QED) is 0.714. The summed E-state index contributed by atoms with van der Waals surface area (Å²) in [6.07, 6.45) is 3.21. The Kier molecular flexibility index (Phi) is 5.74. The van der Waals surface area contributed by atoms with Crippen molar-refractivity contribution in [2.75, 3.05) is 13.7 Å². The van der Waals surface area contributed by atoms with Crippen LogP contribution in [0, 0.1) is 0 Å². The van der Waals surface area contributed by atoms with Crippen LogP contribution in [0.4, 0.5) is 0 Å². The Bertz CT molecular complexity index is 949. The van der Waals surface area contributed by atoms with Crippen molar-refractivity contribution in [3.63, 3.8) is 0 Å². The molecule has 0 aliphatic carbocycles. The molecule has 0 aromatic heterocycles. The lowest BCUT2D eigenvalue weighted by atomic mass is 10.1. The fourth-order valence-electron chi connectivity index (χ4n) is 3.16. The van der Waals surface area contributed by atoms with Gasteiger partial charge in [0.05, 0.1) is 5.56 Å². The van der Waals surface area contributed by atoms with Crippen molar-refractivity contribution in [1.29, 1.82) is 0 Å². The maximum Gasteiger partial charge on any atom is 0.258 e. The van der Waals surface area contributed by atoms with Crippen LogP contribution in [-0.4, -0.2) is 36.6 Å². The fourth-order valence-corrected chi connectivity index (χ4v) is 3.16. The summed E-state index contributed by atoms with van der Waals surface area (Å²) in [6, 6.07) is 13.2. The highest BCUT2D eigenvalue weighted by Gasteiger charge is 2.30. The van der Waals surface area contributed by atoms with Gasteiger partial charge in [-0.3, -0.25) is 14.6 Å². The second-order valence-corrected chi connectivity index (χ2v) is 6.41. The first-order valence-corrected chi connectivity index (χ1v) is 8.79. The van der Waals surface area contributed by atoms with E-state index < -0.39 is 5.91 Å². The summed E-state index contributed by atoms with van der Waals surface area (Å²) in [5.41, 5.74) is 14.9. The van der Waals surface area contributed by atoms with Gasteiger partial charge in [0.1, 0.15) is 5.75 Å². The van der Waals surface area contributed by atoms with Crippen LogP contribution in [0.15, 0.2) is 53.7 Å². The molecule has 0 unspecified atom stereocenters. The third-order valence-corrected chi connectivity index (χ3v) is 4.45. The summed E-state index contributed by atoms with van der Waals surface area (Å²) < 4.78 is 5.40. The van der Waals surface area contributed by atoms with Gasteiger partial charge in [0.15, 0.2) is 6.61 Å². The normalized spacial score (nSPS) is 13.8. The Balaban J connectivity index is 1.75. The molecule has 2 aromatic rings. The van der Waals surface area contributed by atoms with Crippen LogP contribution in [0.2, 0.25) is 0 Å². The average molecular weight is 378 g/mol. The molecule has 2 aromatic carbocycles. The zero-order valence-corrected chi connectivity index (χ0v) is 15.6. The largest absolute Gasteiger partial charge is 0.483 e. The van der Waals surface area contributed by atoms with Gasteiger partial charge in [-0.05, 0) is 22.8 Å². The molecule has 0 fully saturated rings. The van der Waals surface area contributed by atoms with Crippen LogP contribution >= 0.6 is 0 Å². The monoisotopic (exact) mass is 378 g/mol. The van der Waals surface area contributed by atoms with Crippen molar-refractivity contribution in [3.05, 3.63) is 70.9 Å². The lowest BCUT2D eigenvalue weighted by Gasteiger charge is -2.16. The van der Waals surface area contributed by atoms with Crippen molar-refractivity contribution in [2.45, 2.75) is 13.1 Å². The van der Waals surface area contributed by atoms with E-state index in [1.807, 2.05) is 30.3 Å². The lowest BCUT2D eigenvalue weighted by molar-refractivity contribution is -0.119. The van der Waals surface area contributed by atoms with Crippen LogP contribution in [-0.2, 0) is 17.9 Å². The van der Waals surface area contributed by atoms with Gasteiger partial charge in [-0.25, -0.2) is 0 Å². The fraction of sp³-hybridized carbons (Fsp3) is 0.190. The Morgan fingerprint density at radius 1 is 1.25 bits per heavy atom. The number of nitrogens with zero attached hydrogens (tertiary/aromatic N) is 2. The molecule has 4 N–H and O–H groups in total. The molecular weight excluding hydrogens is 356 g/mol. The zero-order valence-electron chi connectivity index (χ0n) is 15.6. The van der Waals surface area contributed by atoms with Crippen LogP contribution in [0.1, 0.15) is 27.0 Å². The molecule has 2 amide bonds. The summed E-state index contributed by atoms with van der Waals surface area (Å²) in [5, 5.41) is 0. The number of benzene rings is 2. The number of ether oxygens (including phenoxy) is 1. The van der Waals surface area contributed by atoms with E-state index in [1.165, 1.54) is 6.20 Å². The number of fused-ring (bicyclic) bond motifs is 1. The molecule has 1 aliphatic heterocycles. The number of amides is 2. The van der Waals surface area contributed by atoms with Crippen molar-refractivity contribution in [1.82, 2.24) is 4.90 Å². The summed E-state index contributed by atoms with van der Waals surface area (Å²) >= 11 is 0. The van der Waals surface area contributed by atoms with Gasteiger partial charge < -0.3 is 21.1 Å². The molecule has 1 aliphatic rings. The topological polar surface area (TPSA) is 111 Å². The molecule has 7 heteroatoms. The maximum absolute atomic E-state index is 12.9. The van der Waals surface area contributed by atoms with E-state index in [1.54, 1.807) is 30.3 Å². The predicted molar refractivity (Wildman–Crippen MR) is 108 cm³/mol. The number of aliphatic imine (C=N–C) groups is 1. The Labute approximate surface area is 163 Å². The first kappa shape index (κ1) is 19.2. The Morgan fingerprint density at radius 3 is 2.64 bits per heavy atom. The van der Waals surface area contributed by atoms with Crippen LogP contribution < -0.4 is 16.2 Å². The summed E-state index contributed by atoms with van der Waals surface area (Å²) in [5.74, 6) is -0.324. The van der Waals surface area contributed by atoms with Gasteiger partial charge in [0.2, 0.25) is 0 Å². The number of nitrogens with two attached hydrogens (primary N) is 2. The molecule has 0 bridgehead atoms. The molecule has 144 valence electrons. The van der Waals surface area contributed by atoms with Gasteiger partial charge in [-0.15, -0.1) is 0 Å². The number of carbonyl (C=O) groups excluding carboxylic acids is 2. The van der Waals surface area contributed by atoms with E-state index in [0.29, 0.717) is 24.4 Å². The van der Waals surface area contributed by atoms with Crippen LogP contribution in [0.25, 0.3) is 5.57 Å². The van der Waals surface area contributed by atoms with Crippen molar-refractivity contribution < 1.29 is 14.3 Å². The van der Waals surface area contributed by atoms with Crippen molar-refractivity contribution >= 4 is 23.6 Å². The van der Waals surface area contributed by atoms with Gasteiger partial charge >= 0.3 is 0 Å². The van der Waals surface area contributed by atoms with E-state index in [4.69, 9.17) is 16.2 Å². The number of primary amides is 1. The van der Waals surface area contributed by atoms with Gasteiger partial charge in [-0.2, -0.15) is 0 Å². The zero-order chi connectivity index (χ0) is 20.1. The Hall–Kier alpha value is -3.61. The third kappa shape index (κ3) is 4.03. The number of hydrogen-bond donors (Lipinski definition) is 2. The average Bonchev–Trinajstić information content (AvgIpc) is 3.01. The molecule has 0 saturated heterocycles. The van der Waals surface area contributed by atoms with E-state index in [9.17, 15) is 9.59 Å². The number of allylic oxidation sites excluding steroid dienone is 1. The van der Waals surface area contributed by atoms with Crippen molar-refractivity contribution in [2.24, 2.45) is 16.5 Å². The van der Waals surface area contributed by atoms with E-state index in [2.05, 4.69) is 4.99 Å². The highest BCUT2D eigenvalue weighted by atomic mass is 16.5. The van der Waals surface area contributed by atoms with E-state index in [-0.39, 0.29) is 12.5 Å². The molecule has 0 atom stereocenters. The molecule has 28 heavy (non-hydrogen) atoms. The molecule has 0 saturated carbocycles. The molecule has 0 radical (unpaired) electrons. The third-order valence-electron chi connectivity index (χ3n) is 4.45. The smallest absolute Gasteiger partial charge is 0.258 e. The van der Waals surface area contributed by atoms with Crippen molar-refractivity contribution in [3.8, 4) is 5.75 Å². The SMILES string of the molecule is CN=CC(=CN)c1ccc(CN2Cc3cccc(OCC(N)=O)c3C2=O)cc1. The van der Waals surface area contributed by atoms with E-state index >= 15 is 0 Å². The molecule has 7 nitrogen and oxygen atoms in total. The minimum Gasteiger partial charge on any atom is -0.483 e. The summed E-state index contributed by atoms with van der Waals surface area (Å²) in [6.45, 7) is 0.690. The first-order chi connectivity index (χ1) is 13.5.